The second-order valence-electron chi connectivity index (χ2n) is 9.08. The van der Waals surface area contributed by atoms with E-state index in [0.29, 0.717) is 18.8 Å². The number of hydrogen-bond donors (Lipinski definition) is 1. The van der Waals surface area contributed by atoms with Crippen molar-refractivity contribution in [1.82, 2.24) is 10.3 Å². The lowest BCUT2D eigenvalue weighted by Crippen LogP contribution is -2.48. The summed E-state index contributed by atoms with van der Waals surface area (Å²) in [7, 11) is 0. The Morgan fingerprint density at radius 1 is 0.943 bits per heavy atom. The molecule has 0 atom stereocenters. The monoisotopic (exact) mass is 470 g/mol. The first-order valence-electron chi connectivity index (χ1n) is 12.2. The van der Waals surface area contributed by atoms with E-state index >= 15 is 0 Å². The lowest BCUT2D eigenvalue weighted by molar-refractivity contribution is -0.120. The van der Waals surface area contributed by atoms with Gasteiger partial charge in [0.2, 0.25) is 5.91 Å². The first kappa shape index (κ1) is 22.9. The number of carbonyl (C=O) groups is 2. The number of nitrogens with one attached hydrogen (secondary N) is 1. The maximum absolute atomic E-state index is 13.4. The zero-order valence-electron chi connectivity index (χ0n) is 20.0. The number of furan rings is 1. The topological polar surface area (TPSA) is 78.2 Å². The smallest absolute Gasteiger partial charge is 0.289 e. The fraction of sp³-hybridized carbons (Fsp3) is 0.321. The molecule has 1 saturated heterocycles. The quantitative estimate of drug-likeness (QED) is 0.573. The van der Waals surface area contributed by atoms with Crippen molar-refractivity contribution in [2.75, 3.05) is 31.1 Å². The molecule has 3 aromatic rings. The van der Waals surface area contributed by atoms with Crippen LogP contribution in [0.2, 0.25) is 0 Å². The van der Waals surface area contributed by atoms with Gasteiger partial charge in [-0.05, 0) is 37.5 Å². The Morgan fingerprint density at radius 2 is 1.63 bits per heavy atom. The standard InChI is InChI=1S/C28H30N4O3/c1-20-26-23(29-30-25(33)19-21-9-4-2-5-10-21)13-8-14-24(26)35-27(20)28(34)32-17-15-31(16-18-32)22-11-6-3-7-12-22/h2-7,9-12H,8,13-19H2,1H3,(H,30,33)/b29-23+. The molecule has 0 saturated carbocycles. The van der Waals surface area contributed by atoms with E-state index < -0.39 is 0 Å². The molecule has 2 amide bonds. The van der Waals surface area contributed by atoms with E-state index in [1.165, 1.54) is 5.69 Å². The van der Waals surface area contributed by atoms with Crippen molar-refractivity contribution in [1.29, 1.82) is 0 Å². The summed E-state index contributed by atoms with van der Waals surface area (Å²) in [6.07, 6.45) is 2.65. The maximum atomic E-state index is 13.4. The minimum Gasteiger partial charge on any atom is -0.455 e. The first-order valence-corrected chi connectivity index (χ1v) is 12.2. The Labute approximate surface area is 205 Å². The van der Waals surface area contributed by atoms with Crippen molar-refractivity contribution in [3.05, 3.63) is 88.9 Å². The number of nitrogens with zero attached hydrogens (tertiary/aromatic N) is 3. The van der Waals surface area contributed by atoms with Crippen molar-refractivity contribution in [2.45, 2.75) is 32.6 Å². The third-order valence-electron chi connectivity index (χ3n) is 6.73. The molecule has 1 aromatic heterocycles. The van der Waals surface area contributed by atoms with Gasteiger partial charge in [0.1, 0.15) is 5.76 Å². The minimum absolute atomic E-state index is 0.0722. The van der Waals surface area contributed by atoms with Crippen LogP contribution in [0.3, 0.4) is 0 Å². The molecule has 0 unspecified atom stereocenters. The number of para-hydroxylation sites is 1. The van der Waals surface area contributed by atoms with E-state index in [1.54, 1.807) is 0 Å². The number of rotatable bonds is 5. The molecule has 0 spiro atoms. The average Bonchev–Trinajstić information content (AvgIpc) is 3.25. The summed E-state index contributed by atoms with van der Waals surface area (Å²) in [6.45, 7) is 4.79. The van der Waals surface area contributed by atoms with Gasteiger partial charge in [-0.2, -0.15) is 5.10 Å². The van der Waals surface area contributed by atoms with Gasteiger partial charge in [-0.15, -0.1) is 0 Å². The summed E-state index contributed by atoms with van der Waals surface area (Å²) >= 11 is 0. The van der Waals surface area contributed by atoms with E-state index in [1.807, 2.05) is 60.4 Å². The Kier molecular flexibility index (Phi) is 6.66. The van der Waals surface area contributed by atoms with E-state index in [0.717, 1.165) is 60.5 Å². The van der Waals surface area contributed by atoms with Crippen molar-refractivity contribution in [3.63, 3.8) is 0 Å². The number of amides is 2. The van der Waals surface area contributed by atoms with Gasteiger partial charge in [0.15, 0.2) is 5.76 Å². The van der Waals surface area contributed by atoms with Crippen LogP contribution in [0.5, 0.6) is 0 Å². The molecule has 1 N–H and O–H groups in total. The van der Waals surface area contributed by atoms with E-state index in [9.17, 15) is 9.59 Å². The van der Waals surface area contributed by atoms with Crippen molar-refractivity contribution in [2.24, 2.45) is 5.10 Å². The van der Waals surface area contributed by atoms with Crippen LogP contribution in [0.4, 0.5) is 5.69 Å². The van der Waals surface area contributed by atoms with Crippen LogP contribution in [0, 0.1) is 6.92 Å². The second-order valence-corrected chi connectivity index (χ2v) is 9.08. The van der Waals surface area contributed by atoms with E-state index in [2.05, 4.69) is 27.6 Å². The molecule has 0 bridgehead atoms. The van der Waals surface area contributed by atoms with Gasteiger partial charge in [-0.1, -0.05) is 48.5 Å². The second kappa shape index (κ2) is 10.2. The summed E-state index contributed by atoms with van der Waals surface area (Å²) in [6, 6.07) is 19.9. The zero-order chi connectivity index (χ0) is 24.2. The van der Waals surface area contributed by atoms with Crippen LogP contribution >= 0.6 is 0 Å². The average molecular weight is 471 g/mol. The lowest BCUT2D eigenvalue weighted by Gasteiger charge is -2.35. The summed E-state index contributed by atoms with van der Waals surface area (Å²) in [4.78, 5) is 29.9. The fourth-order valence-electron chi connectivity index (χ4n) is 4.88. The summed E-state index contributed by atoms with van der Waals surface area (Å²) in [5.74, 6) is 0.950. The molecule has 180 valence electrons. The summed E-state index contributed by atoms with van der Waals surface area (Å²) < 4.78 is 6.10. The molecule has 35 heavy (non-hydrogen) atoms. The van der Waals surface area contributed by atoms with Crippen LogP contribution in [0.25, 0.3) is 0 Å². The molecular formula is C28H30N4O3. The van der Waals surface area contributed by atoms with Gasteiger partial charge < -0.3 is 14.2 Å². The predicted molar refractivity (Wildman–Crippen MR) is 136 cm³/mol. The largest absolute Gasteiger partial charge is 0.455 e. The lowest BCUT2D eigenvalue weighted by atomic mass is 9.93. The van der Waals surface area contributed by atoms with Gasteiger partial charge in [0.05, 0.1) is 12.1 Å². The fourth-order valence-corrected chi connectivity index (χ4v) is 4.88. The maximum Gasteiger partial charge on any atom is 0.289 e. The number of hydrogen-bond acceptors (Lipinski definition) is 5. The summed E-state index contributed by atoms with van der Waals surface area (Å²) in [5, 5.41) is 4.44. The number of anilines is 1. The summed E-state index contributed by atoms with van der Waals surface area (Å²) in [5.41, 5.74) is 7.29. The molecule has 2 aromatic carbocycles. The molecular weight excluding hydrogens is 440 g/mol. The highest BCUT2D eigenvalue weighted by Crippen LogP contribution is 2.31. The van der Waals surface area contributed by atoms with Crippen LogP contribution in [0.1, 0.15) is 45.8 Å². The minimum atomic E-state index is -0.162. The zero-order valence-corrected chi connectivity index (χ0v) is 20.0. The number of piperazine rings is 1. The Balaban J connectivity index is 1.27. The molecule has 2 heterocycles. The molecule has 1 aliphatic heterocycles. The van der Waals surface area contributed by atoms with E-state index in [-0.39, 0.29) is 18.2 Å². The predicted octanol–water partition coefficient (Wildman–Crippen LogP) is 3.95. The molecule has 5 rings (SSSR count). The Morgan fingerprint density at radius 3 is 2.34 bits per heavy atom. The van der Waals surface area contributed by atoms with Gasteiger partial charge in [-0.3, -0.25) is 9.59 Å². The number of aryl methyl sites for hydroxylation is 1. The van der Waals surface area contributed by atoms with Crippen LogP contribution in [-0.4, -0.2) is 48.6 Å². The van der Waals surface area contributed by atoms with Crippen molar-refractivity contribution < 1.29 is 14.0 Å². The first-order chi connectivity index (χ1) is 17.1. The SMILES string of the molecule is Cc1c(C(=O)N2CCN(c3ccccc3)CC2)oc2c1/C(=N/NC(=O)Cc1ccccc1)CCC2. The normalized spacial score (nSPS) is 16.8. The van der Waals surface area contributed by atoms with Gasteiger partial charge in [-0.25, -0.2) is 5.43 Å². The molecule has 0 radical (unpaired) electrons. The van der Waals surface area contributed by atoms with Crippen molar-refractivity contribution in [3.8, 4) is 0 Å². The third kappa shape index (κ3) is 4.99. The van der Waals surface area contributed by atoms with Crippen LogP contribution < -0.4 is 10.3 Å². The molecule has 7 nitrogen and oxygen atoms in total. The van der Waals surface area contributed by atoms with Gasteiger partial charge in [0, 0.05) is 49.4 Å². The third-order valence-corrected chi connectivity index (χ3v) is 6.73. The van der Waals surface area contributed by atoms with Gasteiger partial charge >= 0.3 is 0 Å². The van der Waals surface area contributed by atoms with Gasteiger partial charge in [0.25, 0.3) is 5.91 Å². The van der Waals surface area contributed by atoms with E-state index in [4.69, 9.17) is 4.42 Å². The highest BCUT2D eigenvalue weighted by atomic mass is 16.4. The number of benzene rings is 2. The highest BCUT2D eigenvalue weighted by molar-refractivity contribution is 6.06. The Hall–Kier alpha value is -3.87. The van der Waals surface area contributed by atoms with Crippen molar-refractivity contribution >= 4 is 23.2 Å². The Bertz CT molecular complexity index is 1230. The molecule has 7 heteroatoms. The number of fused-ring (bicyclic) bond motifs is 1. The van der Waals surface area contributed by atoms with Crippen LogP contribution in [0.15, 0.2) is 70.2 Å². The molecule has 2 aliphatic rings. The van der Waals surface area contributed by atoms with Crippen LogP contribution in [-0.2, 0) is 17.6 Å². The molecule has 1 aliphatic carbocycles. The number of carbonyl (C=O) groups excluding carboxylic acids is 2. The molecule has 1 fully saturated rings. The highest BCUT2D eigenvalue weighted by Gasteiger charge is 2.31. The number of hydrazone groups is 1.